The first-order chi connectivity index (χ1) is 32.4. The minimum atomic E-state index is 0.0314. The Morgan fingerprint density at radius 3 is 1.12 bits per heavy atom. The molecule has 0 saturated heterocycles. The van der Waals surface area contributed by atoms with Crippen LogP contribution in [0.4, 0.5) is 34.1 Å². The standard InChI is InChI=1S/C64H48N2/c1-64(2,3)49-40-47-32-38-56-58(45-28-34-52(35-29-45)65(50-20-6-4-7-21-50)60-26-14-18-43-16-10-12-24-54(43)60)42-59(57-39-33-48(41-49)62(47)63(56)57)46-30-36-53(37-31-46)66(51-22-8-5-9-23-51)61-27-15-19-44-17-11-13-25-55(44)61/h4-42H,1-3H3. The fourth-order valence-corrected chi connectivity index (χ4v) is 10.2. The van der Waals surface area contributed by atoms with Crippen LogP contribution in [0, 0.1) is 0 Å². The number of benzene rings is 12. The van der Waals surface area contributed by atoms with Gasteiger partial charge in [-0.2, -0.15) is 0 Å². The smallest absolute Gasteiger partial charge is 0.0540 e. The number of nitrogens with zero attached hydrogens (tertiary/aromatic N) is 2. The van der Waals surface area contributed by atoms with Gasteiger partial charge in [0.25, 0.3) is 0 Å². The summed E-state index contributed by atoms with van der Waals surface area (Å²) in [4.78, 5) is 4.76. The second-order valence-electron chi connectivity index (χ2n) is 18.6. The van der Waals surface area contributed by atoms with Crippen LogP contribution in [0.5, 0.6) is 0 Å². The van der Waals surface area contributed by atoms with Gasteiger partial charge in [0.1, 0.15) is 0 Å². The van der Waals surface area contributed by atoms with E-state index in [9.17, 15) is 0 Å². The molecule has 2 heteroatoms. The van der Waals surface area contributed by atoms with Crippen molar-refractivity contribution in [2.24, 2.45) is 0 Å². The number of anilines is 6. The van der Waals surface area contributed by atoms with Gasteiger partial charge in [-0.15, -0.1) is 0 Å². The molecule has 0 aliphatic carbocycles. The van der Waals surface area contributed by atoms with Gasteiger partial charge in [0.05, 0.1) is 11.4 Å². The van der Waals surface area contributed by atoms with E-state index in [1.54, 1.807) is 0 Å². The lowest BCUT2D eigenvalue weighted by Crippen LogP contribution is -2.11. The first kappa shape index (κ1) is 39.4. The van der Waals surface area contributed by atoms with E-state index in [1.807, 2.05) is 0 Å². The normalized spacial score (nSPS) is 11.9. The highest BCUT2D eigenvalue weighted by molar-refractivity contribution is 6.28. The summed E-state index contributed by atoms with van der Waals surface area (Å²) in [5.74, 6) is 0. The predicted octanol–water partition coefficient (Wildman–Crippen LogP) is 18.5. The van der Waals surface area contributed by atoms with Crippen molar-refractivity contribution in [3.8, 4) is 22.3 Å². The molecular formula is C64H48N2. The highest BCUT2D eigenvalue weighted by atomic mass is 15.1. The Labute approximate surface area is 386 Å². The highest BCUT2D eigenvalue weighted by Gasteiger charge is 2.22. The monoisotopic (exact) mass is 844 g/mol. The average molecular weight is 845 g/mol. The number of hydrogen-bond acceptors (Lipinski definition) is 2. The van der Waals surface area contributed by atoms with Crippen molar-refractivity contribution in [3.05, 3.63) is 242 Å². The summed E-state index contributed by atoms with van der Waals surface area (Å²) in [6.07, 6.45) is 0. The summed E-state index contributed by atoms with van der Waals surface area (Å²) in [6.45, 7) is 6.92. The van der Waals surface area contributed by atoms with Crippen LogP contribution in [-0.4, -0.2) is 0 Å². The lowest BCUT2D eigenvalue weighted by molar-refractivity contribution is 0.591. The number of fused-ring (bicyclic) bond motifs is 2. The van der Waals surface area contributed by atoms with E-state index in [0.717, 1.165) is 34.1 Å². The van der Waals surface area contributed by atoms with Gasteiger partial charge in [0.15, 0.2) is 0 Å². The fourth-order valence-electron chi connectivity index (χ4n) is 10.2. The third-order valence-electron chi connectivity index (χ3n) is 13.5. The van der Waals surface area contributed by atoms with E-state index in [0.29, 0.717) is 0 Å². The molecule has 2 nitrogen and oxygen atoms in total. The van der Waals surface area contributed by atoms with Crippen LogP contribution in [0.15, 0.2) is 237 Å². The van der Waals surface area contributed by atoms with Gasteiger partial charge in [-0.3, -0.25) is 0 Å². The number of hydrogen-bond donors (Lipinski definition) is 0. The van der Waals surface area contributed by atoms with Crippen molar-refractivity contribution in [2.45, 2.75) is 26.2 Å². The summed E-state index contributed by atoms with van der Waals surface area (Å²) < 4.78 is 0. The summed E-state index contributed by atoms with van der Waals surface area (Å²) in [5, 5.41) is 12.6. The van der Waals surface area contributed by atoms with Crippen LogP contribution in [0.25, 0.3) is 76.1 Å². The van der Waals surface area contributed by atoms with Gasteiger partial charge in [0.2, 0.25) is 0 Å². The molecule has 12 aromatic carbocycles. The van der Waals surface area contributed by atoms with Crippen LogP contribution >= 0.6 is 0 Å². The molecule has 314 valence electrons. The molecule has 0 amide bonds. The summed E-state index contributed by atoms with van der Waals surface area (Å²) in [5.41, 5.74) is 13.0. The largest absolute Gasteiger partial charge is 0.310 e. The van der Waals surface area contributed by atoms with E-state index >= 15 is 0 Å². The van der Waals surface area contributed by atoms with E-state index in [2.05, 4.69) is 267 Å². The van der Waals surface area contributed by atoms with Crippen LogP contribution in [-0.2, 0) is 5.41 Å². The van der Waals surface area contributed by atoms with E-state index < -0.39 is 0 Å². The van der Waals surface area contributed by atoms with Crippen molar-refractivity contribution >= 4 is 88.0 Å². The van der Waals surface area contributed by atoms with E-state index in [-0.39, 0.29) is 5.41 Å². The van der Waals surface area contributed by atoms with Crippen molar-refractivity contribution in [3.63, 3.8) is 0 Å². The fraction of sp³-hybridized carbons (Fsp3) is 0.0625. The minimum Gasteiger partial charge on any atom is -0.310 e. The molecule has 0 unspecified atom stereocenters. The average Bonchev–Trinajstić information content (AvgIpc) is 3.36. The predicted molar refractivity (Wildman–Crippen MR) is 284 cm³/mol. The molecule has 0 saturated carbocycles. The molecule has 0 heterocycles. The van der Waals surface area contributed by atoms with Gasteiger partial charge in [-0.25, -0.2) is 0 Å². The maximum absolute atomic E-state index is 2.44. The zero-order chi connectivity index (χ0) is 44.4. The van der Waals surface area contributed by atoms with E-state index in [4.69, 9.17) is 0 Å². The third-order valence-corrected chi connectivity index (χ3v) is 13.5. The summed E-state index contributed by atoms with van der Waals surface area (Å²) >= 11 is 0. The SMILES string of the molecule is CC(C)(C)c1cc2ccc3c(-c4ccc(N(c5ccccc5)c5cccc6ccccc56)cc4)cc(-c4ccc(N(c5ccccc5)c5cccc6ccccc56)cc4)c4ccc(c1)c2c34. The van der Waals surface area contributed by atoms with Gasteiger partial charge < -0.3 is 9.80 Å². The molecule has 0 bridgehead atoms. The topological polar surface area (TPSA) is 6.48 Å². The Morgan fingerprint density at radius 2 is 0.682 bits per heavy atom. The molecule has 0 spiro atoms. The molecule has 0 radical (unpaired) electrons. The highest BCUT2D eigenvalue weighted by Crippen LogP contribution is 2.47. The van der Waals surface area contributed by atoms with Gasteiger partial charge >= 0.3 is 0 Å². The first-order valence-corrected chi connectivity index (χ1v) is 23.0. The third kappa shape index (κ3) is 6.73. The second kappa shape index (κ2) is 15.8. The molecule has 12 rings (SSSR count). The van der Waals surface area contributed by atoms with Crippen molar-refractivity contribution in [2.75, 3.05) is 9.80 Å². The Kier molecular flexibility index (Phi) is 9.43. The Bertz CT molecular complexity index is 3470. The van der Waals surface area contributed by atoms with Crippen LogP contribution < -0.4 is 9.80 Å². The van der Waals surface area contributed by atoms with Crippen molar-refractivity contribution in [1.29, 1.82) is 0 Å². The Hall–Kier alpha value is -8.20. The molecule has 66 heavy (non-hydrogen) atoms. The van der Waals surface area contributed by atoms with Gasteiger partial charge in [0, 0.05) is 33.5 Å². The molecule has 0 aliphatic rings. The number of para-hydroxylation sites is 2. The Morgan fingerprint density at radius 1 is 0.288 bits per heavy atom. The van der Waals surface area contributed by atoms with Crippen LogP contribution in [0.2, 0.25) is 0 Å². The number of rotatable bonds is 8. The van der Waals surface area contributed by atoms with Crippen LogP contribution in [0.3, 0.4) is 0 Å². The second-order valence-corrected chi connectivity index (χ2v) is 18.6. The van der Waals surface area contributed by atoms with Crippen LogP contribution in [0.1, 0.15) is 26.3 Å². The summed E-state index contributed by atoms with van der Waals surface area (Å²) in [6, 6.07) is 87.0. The van der Waals surface area contributed by atoms with Crippen molar-refractivity contribution in [1.82, 2.24) is 0 Å². The summed E-state index contributed by atoms with van der Waals surface area (Å²) in [7, 11) is 0. The zero-order valence-electron chi connectivity index (χ0n) is 37.4. The van der Waals surface area contributed by atoms with Crippen molar-refractivity contribution < 1.29 is 0 Å². The maximum atomic E-state index is 2.44. The van der Waals surface area contributed by atoms with Gasteiger partial charge in [-0.1, -0.05) is 191 Å². The molecule has 0 aliphatic heterocycles. The molecule has 0 fully saturated rings. The lowest BCUT2D eigenvalue weighted by atomic mass is 9.81. The Balaban J connectivity index is 1.04. The molecule has 0 aromatic heterocycles. The zero-order valence-corrected chi connectivity index (χ0v) is 37.4. The van der Waals surface area contributed by atoms with E-state index in [1.165, 1.54) is 81.7 Å². The molecule has 0 atom stereocenters. The maximum Gasteiger partial charge on any atom is 0.0540 e. The lowest BCUT2D eigenvalue weighted by Gasteiger charge is -2.27. The minimum absolute atomic E-state index is 0.0314. The molecule has 0 N–H and O–H groups in total. The first-order valence-electron chi connectivity index (χ1n) is 23.0. The molecule has 12 aromatic rings. The van der Waals surface area contributed by atoms with Gasteiger partial charge in [-0.05, 0) is 143 Å². The quantitative estimate of drug-likeness (QED) is 0.141. The molecular weight excluding hydrogens is 797 g/mol.